The topological polar surface area (TPSA) is 222 Å². The number of hydrogen-bond donors (Lipinski definition) is 3. The first-order valence-corrected chi connectivity index (χ1v) is 25.1. The number of aromatic nitrogens is 8. The van der Waals surface area contributed by atoms with E-state index in [1.807, 2.05) is 13.8 Å². The zero-order chi connectivity index (χ0) is 45.4. The molecular formula is C49H83BrK2N8O7. The van der Waals surface area contributed by atoms with Crippen LogP contribution in [-0.2, 0) is 25.8 Å². The minimum absolute atomic E-state index is 0. The third-order valence-corrected chi connectivity index (χ3v) is 20.4. The average molecular weight is 1050 g/mol. The number of halogens is 1. The normalized spacial score (nSPS) is 42.8. The van der Waals surface area contributed by atoms with Gasteiger partial charge in [-0.2, -0.15) is 10.0 Å². The molecule has 0 saturated heterocycles. The minimum Gasteiger partial charge on any atom is -1.00 e. The van der Waals surface area contributed by atoms with Crippen molar-refractivity contribution in [2.75, 3.05) is 5.33 Å². The molecule has 8 fully saturated rings. The molecule has 8 saturated carbocycles. The van der Waals surface area contributed by atoms with Crippen molar-refractivity contribution in [2.24, 2.45) is 80.8 Å². The Balaban J connectivity index is 0.000000373. The van der Waals surface area contributed by atoms with Crippen LogP contribution in [0.3, 0.4) is 0 Å². The number of aliphatic hydroxyl groups is 2. The summed E-state index contributed by atoms with van der Waals surface area (Å²) in [5.74, 6) is 7.08. The van der Waals surface area contributed by atoms with Crippen LogP contribution in [0.25, 0.3) is 0 Å². The molecular weight excluding hydrogens is 971 g/mol. The molecule has 370 valence electrons. The summed E-state index contributed by atoms with van der Waals surface area (Å²) in [7, 11) is 0. The van der Waals surface area contributed by atoms with E-state index in [9.17, 15) is 19.8 Å². The van der Waals surface area contributed by atoms with E-state index in [1.54, 1.807) is 0 Å². The maximum absolute atomic E-state index is 13.1. The van der Waals surface area contributed by atoms with Gasteiger partial charge in [0.2, 0.25) is 0 Å². The third kappa shape index (κ3) is 12.8. The fourth-order valence-corrected chi connectivity index (χ4v) is 17.0. The third-order valence-electron chi connectivity index (χ3n) is 19.8. The molecule has 0 radical (unpaired) electrons. The number of nitrogens with zero attached hydrogens (tertiary/aromatic N) is 7. The number of carbonyl (C=O) groups excluding carboxylic acids is 3. The Hall–Kier alpha value is 0.583. The van der Waals surface area contributed by atoms with Crippen LogP contribution in [0, 0.1) is 80.8 Å². The molecule has 0 amide bonds. The van der Waals surface area contributed by atoms with Gasteiger partial charge < -0.3 is 21.8 Å². The van der Waals surface area contributed by atoms with Gasteiger partial charge in [0.05, 0.1) is 16.5 Å². The quantitative estimate of drug-likeness (QED) is 0.124. The largest absolute Gasteiger partial charge is 1.00 e. The molecule has 18 heteroatoms. The van der Waals surface area contributed by atoms with Crippen molar-refractivity contribution in [3.8, 4) is 0 Å². The second kappa shape index (κ2) is 25.2. The first kappa shape index (κ1) is 61.9. The Morgan fingerprint density at radius 3 is 1.54 bits per heavy atom. The van der Waals surface area contributed by atoms with Gasteiger partial charge in [-0.25, -0.2) is 0 Å². The van der Waals surface area contributed by atoms with E-state index in [1.165, 1.54) is 88.1 Å². The summed E-state index contributed by atoms with van der Waals surface area (Å²) in [5, 5.41) is 54.1. The standard InChI is InChI=1S/C23H36N4O2.C22H35BrO2.CH2N4.CH2O3.2CH4.2K.H/c1-21(29)10-11-22(2)15(12-21)4-5-16-17-6-7-19(23(17,3)9-8-18(16)22)20(28)13-27-25-14-24-26-27;1-20(25)10-11-21(2)14(12-20)4-5-15-16-6-7-18(19(24)13-23)22(16,3)9-8-17(15)21;1-2-4-5-3-1;2-1-4-3;;;;;/h14-19,29H,4-13H2,1-3H3;14-18,25H,4-13H2,1-3H3;1H,(H,2,3,4,5);1,3H;2*1H4;;;/q;;;;;;2*+1;-1/p-1/t15-,16-,17-,18-,19+,21+,22-,23-;14-,15-,16-,17-,18+,20+,21-,22-;;;;;;;/m00......./s1. The van der Waals surface area contributed by atoms with E-state index < -0.39 is 11.2 Å². The zero-order valence-corrected chi connectivity index (χ0v) is 48.4. The number of ketones is 2. The predicted molar refractivity (Wildman–Crippen MR) is 249 cm³/mol. The van der Waals surface area contributed by atoms with Crippen LogP contribution in [0.15, 0.2) is 12.7 Å². The van der Waals surface area contributed by atoms with E-state index >= 15 is 0 Å². The molecule has 8 aliphatic carbocycles. The Bertz CT molecular complexity index is 1860. The number of hydrogen-bond acceptors (Lipinski definition) is 13. The Labute approximate surface area is 495 Å². The van der Waals surface area contributed by atoms with Crippen molar-refractivity contribution < 1.29 is 139 Å². The van der Waals surface area contributed by atoms with E-state index in [0.717, 1.165) is 74.5 Å². The molecule has 3 N–H and O–H groups in total. The summed E-state index contributed by atoms with van der Waals surface area (Å²) in [5.41, 5.74) is 0.252. The number of carbonyl (C=O) groups is 3. The van der Waals surface area contributed by atoms with Gasteiger partial charge in [0.1, 0.15) is 12.3 Å². The molecule has 2 aromatic heterocycles. The SMILES string of the molecule is C.C.C[C@@]1(O)CC[C@@]2(C)[C@@H](CC[C@@H]3[C@@H]2CC[C@]2(C)[C@@H](C(=O)CBr)CC[C@@H]32)C1.C[C@@]1(O)CC[C@@]2(C)[C@@H](CC[C@@H]3[C@@H]2CC[C@]2(C)[C@@H](C(=O)Cn4ncnn4)CC[C@@H]32)C1.O=CO[O-].[H-].[K+].[K+].c1nn[nH]n1. The summed E-state index contributed by atoms with van der Waals surface area (Å²) in [6.07, 6.45) is 23.7. The average Bonchev–Trinajstić information content (AvgIpc) is 4.10. The van der Waals surface area contributed by atoms with Crippen molar-refractivity contribution in [1.82, 2.24) is 40.8 Å². The number of H-pyrrole nitrogens is 1. The molecule has 67 heavy (non-hydrogen) atoms. The summed E-state index contributed by atoms with van der Waals surface area (Å²) in [6, 6.07) is 0. The molecule has 15 nitrogen and oxygen atoms in total. The molecule has 0 bridgehead atoms. The smallest absolute Gasteiger partial charge is 1.00 e. The maximum Gasteiger partial charge on any atom is 1.00 e. The second-order valence-corrected chi connectivity index (χ2v) is 23.4. The van der Waals surface area contributed by atoms with Crippen LogP contribution in [0.1, 0.15) is 173 Å². The van der Waals surface area contributed by atoms with Crippen LogP contribution in [-0.4, -0.2) is 85.6 Å². The molecule has 0 aromatic carbocycles. The van der Waals surface area contributed by atoms with Gasteiger partial charge in [0.25, 0.3) is 6.47 Å². The number of fused-ring (bicyclic) bond motifs is 10. The molecule has 0 spiro atoms. The molecule has 2 heterocycles. The molecule has 8 aliphatic rings. The van der Waals surface area contributed by atoms with Crippen molar-refractivity contribution >= 4 is 34.0 Å². The number of tetrazole rings is 2. The van der Waals surface area contributed by atoms with Crippen LogP contribution in [0.4, 0.5) is 0 Å². The number of aromatic amines is 1. The molecule has 0 aliphatic heterocycles. The minimum atomic E-state index is -0.472. The summed E-state index contributed by atoms with van der Waals surface area (Å²) < 4.78 is 0. The van der Waals surface area contributed by atoms with Crippen molar-refractivity contribution in [3.05, 3.63) is 12.7 Å². The van der Waals surface area contributed by atoms with Crippen LogP contribution in [0.5, 0.6) is 0 Å². The first-order chi connectivity index (χ1) is 29.9. The number of Topliss-reactive ketones (excluding diaryl/α,β-unsaturated/α-hetero) is 2. The van der Waals surface area contributed by atoms with Crippen molar-refractivity contribution in [3.63, 3.8) is 0 Å². The first-order valence-electron chi connectivity index (χ1n) is 24.0. The molecule has 0 unspecified atom stereocenters. The Kier molecular flexibility index (Phi) is 23.3. The van der Waals surface area contributed by atoms with Gasteiger partial charge in [0.15, 0.2) is 18.4 Å². The molecule has 10 rings (SSSR count). The Morgan fingerprint density at radius 2 is 1.16 bits per heavy atom. The summed E-state index contributed by atoms with van der Waals surface area (Å²) >= 11 is 3.43. The zero-order valence-electron chi connectivity index (χ0n) is 41.6. The summed E-state index contributed by atoms with van der Waals surface area (Å²) in [6.45, 7) is 14.1. The van der Waals surface area contributed by atoms with E-state index in [4.69, 9.17) is 10.1 Å². The van der Waals surface area contributed by atoms with Crippen molar-refractivity contribution in [1.29, 1.82) is 0 Å². The molecule has 2 aromatic rings. The van der Waals surface area contributed by atoms with Gasteiger partial charge in [-0.05, 0) is 204 Å². The predicted octanol–water partition coefficient (Wildman–Crippen LogP) is 2.04. The number of rotatable bonds is 6. The fourth-order valence-electron chi connectivity index (χ4n) is 16.7. The van der Waals surface area contributed by atoms with Crippen LogP contribution in [0.2, 0.25) is 0 Å². The monoisotopic (exact) mass is 1050 g/mol. The molecule has 16 atom stereocenters. The fraction of sp³-hybridized carbons (Fsp3) is 0.898. The van der Waals surface area contributed by atoms with Gasteiger partial charge in [-0.1, -0.05) is 63.7 Å². The van der Waals surface area contributed by atoms with Crippen molar-refractivity contribution in [2.45, 2.75) is 190 Å². The van der Waals surface area contributed by atoms with Gasteiger partial charge >= 0.3 is 103 Å². The summed E-state index contributed by atoms with van der Waals surface area (Å²) in [4.78, 5) is 38.3. The van der Waals surface area contributed by atoms with Gasteiger partial charge in [-0.3, -0.25) is 14.4 Å². The van der Waals surface area contributed by atoms with E-state index in [2.05, 4.69) is 84.5 Å². The van der Waals surface area contributed by atoms with E-state index in [0.29, 0.717) is 45.5 Å². The van der Waals surface area contributed by atoms with Crippen LogP contribution >= 0.6 is 15.9 Å². The van der Waals surface area contributed by atoms with E-state index in [-0.39, 0.29) is 155 Å². The second-order valence-electron chi connectivity index (χ2n) is 22.8. The van der Waals surface area contributed by atoms with Crippen LogP contribution < -0.4 is 108 Å². The van der Waals surface area contributed by atoms with Gasteiger partial charge in [-0.15, -0.1) is 20.4 Å². The number of nitrogens with one attached hydrogen (secondary N) is 1. The van der Waals surface area contributed by atoms with Gasteiger partial charge in [0, 0.05) is 11.8 Å². The number of alkyl halides is 1. The Morgan fingerprint density at radius 1 is 0.701 bits per heavy atom. The maximum atomic E-state index is 13.1.